The topological polar surface area (TPSA) is 75.6 Å². The van der Waals surface area contributed by atoms with Crippen molar-refractivity contribution in [3.8, 4) is 11.3 Å². The fourth-order valence-electron chi connectivity index (χ4n) is 3.48. The van der Waals surface area contributed by atoms with Gasteiger partial charge < -0.3 is 14.5 Å². The number of carbonyl (C=O) groups is 2. The second kappa shape index (κ2) is 9.86. The van der Waals surface area contributed by atoms with E-state index >= 15 is 0 Å². The van der Waals surface area contributed by atoms with Crippen LogP contribution < -0.4 is 4.90 Å². The molecule has 0 saturated carbocycles. The molecule has 3 heterocycles. The molecule has 1 aliphatic heterocycles. The lowest BCUT2D eigenvalue weighted by molar-refractivity contribution is 0.0240. The van der Waals surface area contributed by atoms with Gasteiger partial charge in [0.15, 0.2) is 5.78 Å². The van der Waals surface area contributed by atoms with E-state index in [1.54, 1.807) is 17.2 Å². The molecule has 172 valence electrons. The Morgan fingerprint density at radius 1 is 1.12 bits per heavy atom. The van der Waals surface area contributed by atoms with Crippen LogP contribution in [0.5, 0.6) is 0 Å². The maximum atomic E-state index is 12.9. The highest BCUT2D eigenvalue weighted by molar-refractivity contribution is 6.29. The molecule has 0 radical (unpaired) electrons. The minimum absolute atomic E-state index is 0.0810. The molecule has 1 fully saturated rings. The summed E-state index contributed by atoms with van der Waals surface area (Å²) in [5, 5.41) is 0.371. The van der Waals surface area contributed by atoms with Crippen molar-refractivity contribution >= 4 is 29.3 Å². The van der Waals surface area contributed by atoms with Gasteiger partial charge in [-0.1, -0.05) is 25.4 Å². The minimum Gasteiger partial charge on any atom is -0.444 e. The lowest BCUT2D eigenvalue weighted by atomic mass is 10.00. The highest BCUT2D eigenvalue weighted by atomic mass is 35.5. The second-order valence-corrected chi connectivity index (χ2v) is 9.83. The third kappa shape index (κ3) is 6.42. The van der Waals surface area contributed by atoms with E-state index in [0.29, 0.717) is 54.8 Å². The SMILES string of the molecule is CC(C)CC(=O)c1cc(-c2ccnc(Cl)c2)nc(N2CCN(C(=O)OC(C)(C)C)CC2)c1. The van der Waals surface area contributed by atoms with Gasteiger partial charge >= 0.3 is 6.09 Å². The van der Waals surface area contributed by atoms with Gasteiger partial charge in [0.1, 0.15) is 16.6 Å². The second-order valence-electron chi connectivity index (χ2n) is 9.44. The molecular formula is C24H31ClN4O3. The number of amides is 1. The van der Waals surface area contributed by atoms with Gasteiger partial charge in [0.2, 0.25) is 0 Å². The third-order valence-corrected chi connectivity index (χ3v) is 5.21. The number of ether oxygens (including phenoxy) is 1. The number of halogens is 1. The van der Waals surface area contributed by atoms with E-state index in [1.165, 1.54) is 0 Å². The van der Waals surface area contributed by atoms with Crippen LogP contribution in [0.1, 0.15) is 51.4 Å². The van der Waals surface area contributed by atoms with E-state index in [2.05, 4.69) is 9.88 Å². The van der Waals surface area contributed by atoms with Crippen LogP contribution in [0.3, 0.4) is 0 Å². The molecule has 0 bridgehead atoms. The molecule has 7 nitrogen and oxygen atoms in total. The Hall–Kier alpha value is -2.67. The van der Waals surface area contributed by atoms with Crippen molar-refractivity contribution in [3.63, 3.8) is 0 Å². The van der Waals surface area contributed by atoms with E-state index < -0.39 is 5.60 Å². The molecule has 0 N–H and O–H groups in total. The van der Waals surface area contributed by atoms with Gasteiger partial charge in [-0.05, 0) is 51.0 Å². The Morgan fingerprint density at radius 3 is 2.41 bits per heavy atom. The fraction of sp³-hybridized carbons (Fsp3) is 0.500. The zero-order valence-corrected chi connectivity index (χ0v) is 20.1. The molecule has 32 heavy (non-hydrogen) atoms. The first kappa shape index (κ1) is 24.0. The largest absolute Gasteiger partial charge is 0.444 e. The zero-order valence-electron chi connectivity index (χ0n) is 19.4. The summed E-state index contributed by atoms with van der Waals surface area (Å²) in [4.78, 5) is 37.9. The average molecular weight is 459 g/mol. The predicted octanol–water partition coefficient (Wildman–Crippen LogP) is 5.08. The van der Waals surface area contributed by atoms with Crippen LogP contribution in [-0.4, -0.2) is 58.5 Å². The molecule has 2 aromatic heterocycles. The molecule has 1 aliphatic rings. The molecule has 0 atom stereocenters. The van der Waals surface area contributed by atoms with E-state index in [0.717, 1.165) is 5.56 Å². The molecular weight excluding hydrogens is 428 g/mol. The summed E-state index contributed by atoms with van der Waals surface area (Å²) in [5.41, 5.74) is 1.58. The van der Waals surface area contributed by atoms with E-state index in [4.69, 9.17) is 21.3 Å². The molecule has 8 heteroatoms. The minimum atomic E-state index is -0.526. The lowest BCUT2D eigenvalue weighted by Gasteiger charge is -2.36. The summed E-state index contributed by atoms with van der Waals surface area (Å²) in [6.45, 7) is 11.9. The van der Waals surface area contributed by atoms with Crippen LogP contribution in [0.25, 0.3) is 11.3 Å². The van der Waals surface area contributed by atoms with E-state index in [1.807, 2.05) is 52.8 Å². The highest BCUT2D eigenvalue weighted by Gasteiger charge is 2.27. The van der Waals surface area contributed by atoms with Crippen molar-refractivity contribution in [2.45, 2.75) is 46.6 Å². The summed E-state index contributed by atoms with van der Waals surface area (Å²) in [7, 11) is 0. The molecule has 0 aliphatic carbocycles. The molecule has 0 unspecified atom stereocenters. The van der Waals surface area contributed by atoms with Crippen molar-refractivity contribution in [2.75, 3.05) is 31.1 Å². The maximum Gasteiger partial charge on any atom is 0.410 e. The van der Waals surface area contributed by atoms with Gasteiger partial charge in [-0.25, -0.2) is 14.8 Å². The van der Waals surface area contributed by atoms with Crippen molar-refractivity contribution in [2.24, 2.45) is 5.92 Å². The summed E-state index contributed by atoms with van der Waals surface area (Å²) in [6, 6.07) is 7.23. The first-order valence-corrected chi connectivity index (χ1v) is 11.3. The number of piperazine rings is 1. The standard InChI is InChI=1S/C24H31ClN4O3/c1-16(2)12-20(30)18-13-19(17-6-7-26-21(25)14-17)27-22(15-18)28-8-10-29(11-9-28)23(31)32-24(3,4)5/h6-7,13-16H,8-12H2,1-5H3. The van der Waals surface area contributed by atoms with Crippen LogP contribution in [0, 0.1) is 5.92 Å². The number of nitrogens with zero attached hydrogens (tertiary/aromatic N) is 4. The first-order valence-electron chi connectivity index (χ1n) is 10.9. The first-order chi connectivity index (χ1) is 15.0. The van der Waals surface area contributed by atoms with Gasteiger partial charge in [0.25, 0.3) is 0 Å². The summed E-state index contributed by atoms with van der Waals surface area (Å²) in [6.07, 6.45) is 1.78. The quantitative estimate of drug-likeness (QED) is 0.459. The van der Waals surface area contributed by atoms with Gasteiger partial charge in [-0.2, -0.15) is 0 Å². The Balaban J connectivity index is 1.85. The number of hydrogen-bond acceptors (Lipinski definition) is 6. The fourth-order valence-corrected chi connectivity index (χ4v) is 3.66. The van der Waals surface area contributed by atoms with Crippen molar-refractivity contribution in [3.05, 3.63) is 41.2 Å². The smallest absolute Gasteiger partial charge is 0.410 e. The van der Waals surface area contributed by atoms with Crippen LogP contribution >= 0.6 is 11.6 Å². The number of ketones is 1. The number of aromatic nitrogens is 2. The average Bonchev–Trinajstić information content (AvgIpc) is 2.72. The van der Waals surface area contributed by atoms with Crippen LogP contribution in [0.4, 0.5) is 10.6 Å². The van der Waals surface area contributed by atoms with Gasteiger partial charge in [-0.15, -0.1) is 0 Å². The zero-order chi connectivity index (χ0) is 23.5. The predicted molar refractivity (Wildman–Crippen MR) is 126 cm³/mol. The number of anilines is 1. The van der Waals surface area contributed by atoms with E-state index in [-0.39, 0.29) is 17.8 Å². The van der Waals surface area contributed by atoms with Crippen molar-refractivity contribution in [1.82, 2.24) is 14.9 Å². The number of pyridine rings is 2. The lowest BCUT2D eigenvalue weighted by Crippen LogP contribution is -2.50. The maximum absolute atomic E-state index is 12.9. The molecule has 0 spiro atoms. The molecule has 1 saturated heterocycles. The van der Waals surface area contributed by atoms with Crippen LogP contribution in [0.2, 0.25) is 5.15 Å². The summed E-state index contributed by atoms with van der Waals surface area (Å²) in [5.74, 6) is 1.05. The number of Topliss-reactive ketones (excluding diaryl/α,β-unsaturated/α-hetero) is 1. The van der Waals surface area contributed by atoms with Gasteiger partial charge in [0.05, 0.1) is 5.69 Å². The summed E-state index contributed by atoms with van der Waals surface area (Å²) < 4.78 is 5.48. The monoisotopic (exact) mass is 458 g/mol. The Labute approximate surface area is 194 Å². The number of rotatable bonds is 5. The normalized spacial score (nSPS) is 14.6. The Bertz CT molecular complexity index is 979. The summed E-state index contributed by atoms with van der Waals surface area (Å²) >= 11 is 6.08. The van der Waals surface area contributed by atoms with Gasteiger partial charge in [0, 0.05) is 49.9 Å². The molecule has 1 amide bonds. The van der Waals surface area contributed by atoms with Crippen LogP contribution in [0.15, 0.2) is 30.5 Å². The molecule has 3 rings (SSSR count). The Kier molecular flexibility index (Phi) is 7.39. The number of carbonyl (C=O) groups excluding carboxylic acids is 2. The van der Waals surface area contributed by atoms with Crippen molar-refractivity contribution in [1.29, 1.82) is 0 Å². The number of hydrogen-bond donors (Lipinski definition) is 0. The van der Waals surface area contributed by atoms with E-state index in [9.17, 15) is 9.59 Å². The highest BCUT2D eigenvalue weighted by Crippen LogP contribution is 2.26. The van der Waals surface area contributed by atoms with Crippen molar-refractivity contribution < 1.29 is 14.3 Å². The third-order valence-electron chi connectivity index (χ3n) is 5.01. The molecule has 0 aromatic carbocycles. The molecule has 2 aromatic rings. The van der Waals surface area contributed by atoms with Gasteiger partial charge in [-0.3, -0.25) is 4.79 Å². The van der Waals surface area contributed by atoms with Crippen LogP contribution in [-0.2, 0) is 4.74 Å². The Morgan fingerprint density at radius 2 is 1.81 bits per heavy atom.